The number of allylic oxidation sites excluding steroid dienone is 1. The Balaban J connectivity index is 2.65. The van der Waals surface area contributed by atoms with Crippen molar-refractivity contribution in [2.45, 2.75) is 0 Å². The number of aliphatic imine (C=N–C) groups is 1. The van der Waals surface area contributed by atoms with Gasteiger partial charge in [-0.25, -0.2) is 4.98 Å². The van der Waals surface area contributed by atoms with Gasteiger partial charge in [-0.1, -0.05) is 31.4 Å². The maximum absolute atomic E-state index is 9.73. The summed E-state index contributed by atoms with van der Waals surface area (Å²) in [5, 5.41) is 10.6. The van der Waals surface area contributed by atoms with Crippen LogP contribution in [0.4, 0.5) is 0 Å². The molecule has 0 aliphatic heterocycles. The minimum atomic E-state index is 0.159. The van der Waals surface area contributed by atoms with E-state index in [0.29, 0.717) is 16.9 Å². The van der Waals surface area contributed by atoms with Gasteiger partial charge in [-0.05, 0) is 18.2 Å². The number of aromatic hydroxyl groups is 1. The third-order valence-electron chi connectivity index (χ3n) is 2.39. The van der Waals surface area contributed by atoms with Crippen molar-refractivity contribution >= 4 is 16.6 Å². The van der Waals surface area contributed by atoms with E-state index in [1.165, 1.54) is 6.20 Å². The number of fused-ring (bicyclic) bond motifs is 1. The molecule has 0 saturated carbocycles. The van der Waals surface area contributed by atoms with Gasteiger partial charge in [0.1, 0.15) is 11.3 Å². The predicted molar refractivity (Wildman–Crippen MR) is 70.3 cm³/mol. The summed E-state index contributed by atoms with van der Waals surface area (Å²) < 4.78 is 0. The number of para-hydroxylation sites is 1. The summed E-state index contributed by atoms with van der Waals surface area (Å²) in [5.41, 5.74) is 1.85. The summed E-state index contributed by atoms with van der Waals surface area (Å²) in [7, 11) is 0. The molecule has 2 aromatic rings. The van der Waals surface area contributed by atoms with Crippen molar-refractivity contribution in [2.75, 3.05) is 0 Å². The monoisotopic (exact) mass is 224 g/mol. The average molecular weight is 224 g/mol. The number of pyridine rings is 1. The number of hydrogen-bond acceptors (Lipinski definition) is 3. The zero-order chi connectivity index (χ0) is 12.3. The Morgan fingerprint density at radius 1 is 1.24 bits per heavy atom. The molecule has 3 heteroatoms. The Labute approximate surface area is 99.5 Å². The van der Waals surface area contributed by atoms with Crippen molar-refractivity contribution in [1.29, 1.82) is 0 Å². The summed E-state index contributed by atoms with van der Waals surface area (Å²) in [6.45, 7) is 7.22. The Morgan fingerprint density at radius 2 is 2.06 bits per heavy atom. The van der Waals surface area contributed by atoms with Gasteiger partial charge in [-0.2, -0.15) is 0 Å². The molecule has 0 aliphatic rings. The van der Waals surface area contributed by atoms with Gasteiger partial charge in [0.2, 0.25) is 0 Å². The van der Waals surface area contributed by atoms with Crippen molar-refractivity contribution in [3.05, 3.63) is 61.5 Å². The molecule has 0 atom stereocenters. The minimum absolute atomic E-state index is 0.159. The highest BCUT2D eigenvalue weighted by Crippen LogP contribution is 2.22. The fourth-order valence-electron chi connectivity index (χ4n) is 1.60. The second kappa shape index (κ2) is 4.61. The molecule has 0 bridgehead atoms. The first-order valence-corrected chi connectivity index (χ1v) is 5.16. The summed E-state index contributed by atoms with van der Waals surface area (Å²) in [4.78, 5) is 8.43. The zero-order valence-corrected chi connectivity index (χ0v) is 9.30. The van der Waals surface area contributed by atoms with E-state index in [9.17, 15) is 5.11 Å². The number of hydrogen-bond donors (Lipinski definition) is 1. The lowest BCUT2D eigenvalue weighted by Gasteiger charge is -2.03. The maximum Gasteiger partial charge on any atom is 0.141 e. The molecule has 0 fully saturated rings. The first kappa shape index (κ1) is 11.1. The highest BCUT2D eigenvalue weighted by atomic mass is 16.3. The van der Waals surface area contributed by atoms with E-state index in [-0.39, 0.29) is 5.75 Å². The molecular weight excluding hydrogens is 212 g/mol. The molecule has 17 heavy (non-hydrogen) atoms. The number of nitrogens with zero attached hydrogens (tertiary/aromatic N) is 2. The molecular formula is C14H12N2O. The number of phenols is 1. The molecule has 0 saturated heterocycles. The van der Waals surface area contributed by atoms with Gasteiger partial charge in [-0.15, -0.1) is 0 Å². The molecule has 0 spiro atoms. The van der Waals surface area contributed by atoms with Crippen LogP contribution < -0.4 is 0 Å². The van der Waals surface area contributed by atoms with Crippen molar-refractivity contribution in [1.82, 2.24) is 4.98 Å². The molecule has 1 aromatic heterocycles. The second-order valence-electron chi connectivity index (χ2n) is 3.45. The van der Waals surface area contributed by atoms with Gasteiger partial charge in [0, 0.05) is 11.6 Å². The van der Waals surface area contributed by atoms with Crippen LogP contribution >= 0.6 is 0 Å². The smallest absolute Gasteiger partial charge is 0.141 e. The normalized spacial score (nSPS) is 11.4. The molecule has 2 rings (SSSR count). The van der Waals surface area contributed by atoms with Gasteiger partial charge >= 0.3 is 0 Å². The zero-order valence-electron chi connectivity index (χ0n) is 9.30. The van der Waals surface area contributed by atoms with Crippen LogP contribution in [0.3, 0.4) is 0 Å². The van der Waals surface area contributed by atoms with Gasteiger partial charge in [0.05, 0.1) is 11.4 Å². The van der Waals surface area contributed by atoms with Crippen LogP contribution in [-0.2, 0) is 0 Å². The lowest BCUT2D eigenvalue weighted by molar-refractivity contribution is 0.480. The van der Waals surface area contributed by atoms with Gasteiger partial charge in [0.25, 0.3) is 0 Å². The molecule has 1 aromatic carbocycles. The van der Waals surface area contributed by atoms with Gasteiger partial charge in [-0.3, -0.25) is 4.99 Å². The third-order valence-corrected chi connectivity index (χ3v) is 2.39. The summed E-state index contributed by atoms with van der Waals surface area (Å²) in [5.74, 6) is 0.159. The quantitative estimate of drug-likeness (QED) is 0.814. The number of aromatic nitrogens is 1. The average Bonchev–Trinajstić information content (AvgIpc) is 2.36. The lowest BCUT2D eigenvalue weighted by atomic mass is 10.1. The van der Waals surface area contributed by atoms with Crippen LogP contribution in [0.25, 0.3) is 10.9 Å². The number of rotatable bonds is 3. The molecule has 1 heterocycles. The van der Waals surface area contributed by atoms with E-state index in [1.54, 1.807) is 18.2 Å². The van der Waals surface area contributed by atoms with E-state index < -0.39 is 0 Å². The fraction of sp³-hybridized carbons (Fsp3) is 0. The van der Waals surface area contributed by atoms with Crippen LogP contribution in [0.1, 0.15) is 5.69 Å². The first-order chi connectivity index (χ1) is 8.26. The van der Waals surface area contributed by atoms with Crippen LogP contribution in [0.2, 0.25) is 0 Å². The molecule has 0 radical (unpaired) electrons. The first-order valence-electron chi connectivity index (χ1n) is 5.16. The van der Waals surface area contributed by atoms with Crippen LogP contribution in [0.15, 0.2) is 60.8 Å². The van der Waals surface area contributed by atoms with E-state index in [4.69, 9.17) is 0 Å². The van der Waals surface area contributed by atoms with Crippen molar-refractivity contribution in [2.24, 2.45) is 4.99 Å². The van der Waals surface area contributed by atoms with Gasteiger partial charge < -0.3 is 5.11 Å². The highest BCUT2D eigenvalue weighted by Gasteiger charge is 2.05. The molecule has 0 unspecified atom stereocenters. The SMILES string of the molecule is C=CN=C(C=C)c1ccc2cccc(O)c2n1. The maximum atomic E-state index is 9.73. The molecule has 1 N–H and O–H groups in total. The van der Waals surface area contributed by atoms with Crippen molar-refractivity contribution in [3.63, 3.8) is 0 Å². The standard InChI is InChI=1S/C14H12N2O/c1-3-11(15-4-2)12-9-8-10-6-5-7-13(17)14(10)16-12/h3-9,17H,1-2H2. The summed E-state index contributed by atoms with van der Waals surface area (Å²) in [6.07, 6.45) is 3.05. The molecule has 3 nitrogen and oxygen atoms in total. The van der Waals surface area contributed by atoms with E-state index in [1.807, 2.05) is 18.2 Å². The number of benzene rings is 1. The molecule has 0 amide bonds. The Bertz CT molecular complexity index is 615. The Kier molecular flexibility index (Phi) is 3.01. The number of phenolic OH excluding ortho intramolecular Hbond substituents is 1. The summed E-state index contributed by atoms with van der Waals surface area (Å²) >= 11 is 0. The van der Waals surface area contributed by atoms with E-state index in [0.717, 1.165) is 5.39 Å². The van der Waals surface area contributed by atoms with Crippen molar-refractivity contribution < 1.29 is 5.11 Å². The van der Waals surface area contributed by atoms with Crippen LogP contribution in [0.5, 0.6) is 5.75 Å². The Hall–Kier alpha value is -2.42. The van der Waals surface area contributed by atoms with Gasteiger partial charge in [0.15, 0.2) is 0 Å². The molecule has 84 valence electrons. The third kappa shape index (κ3) is 2.08. The fourth-order valence-corrected chi connectivity index (χ4v) is 1.60. The highest BCUT2D eigenvalue weighted by molar-refractivity contribution is 6.08. The van der Waals surface area contributed by atoms with E-state index in [2.05, 4.69) is 23.1 Å². The summed E-state index contributed by atoms with van der Waals surface area (Å²) in [6, 6.07) is 9.01. The largest absolute Gasteiger partial charge is 0.506 e. The second-order valence-corrected chi connectivity index (χ2v) is 3.45. The van der Waals surface area contributed by atoms with Crippen molar-refractivity contribution in [3.8, 4) is 5.75 Å². The minimum Gasteiger partial charge on any atom is -0.506 e. The predicted octanol–water partition coefficient (Wildman–Crippen LogP) is 3.06. The molecule has 0 aliphatic carbocycles. The lowest BCUT2D eigenvalue weighted by Crippen LogP contribution is -1.99. The Morgan fingerprint density at radius 3 is 2.76 bits per heavy atom. The van der Waals surface area contributed by atoms with Crippen LogP contribution in [0, 0.1) is 0 Å². The van der Waals surface area contributed by atoms with Crippen LogP contribution in [-0.4, -0.2) is 15.8 Å². The van der Waals surface area contributed by atoms with E-state index >= 15 is 0 Å². The topological polar surface area (TPSA) is 45.5 Å².